The molecule has 0 aliphatic heterocycles. The molecule has 1 radical (unpaired) electrons. The Morgan fingerprint density at radius 2 is 1.39 bits per heavy atom. The summed E-state index contributed by atoms with van der Waals surface area (Å²) in [5.41, 5.74) is 17.6. The average Bonchev–Trinajstić information content (AvgIpc) is 3.81. The summed E-state index contributed by atoms with van der Waals surface area (Å²) in [6.07, 6.45) is 3.29. The van der Waals surface area contributed by atoms with Gasteiger partial charge in [0.25, 0.3) is 0 Å². The van der Waals surface area contributed by atoms with Gasteiger partial charge in [-0.3, -0.25) is 4.98 Å². The van der Waals surface area contributed by atoms with E-state index < -0.39 is 13.3 Å². The Bertz CT molecular complexity index is 3070. The Kier molecular flexibility index (Phi) is 14.0. The molecular formula is C57H60GeIrN4O-2. The molecule has 0 amide bonds. The molecule has 0 atom stereocenters. The van der Waals surface area contributed by atoms with E-state index in [4.69, 9.17) is 14.4 Å². The van der Waals surface area contributed by atoms with Crippen molar-refractivity contribution in [3.63, 3.8) is 0 Å². The third-order valence-corrected chi connectivity index (χ3v) is 16.3. The van der Waals surface area contributed by atoms with E-state index >= 15 is 0 Å². The quantitative estimate of drug-likeness (QED) is 0.107. The zero-order chi connectivity index (χ0) is 44.7. The average molecular weight is 1080 g/mol. The van der Waals surface area contributed by atoms with Gasteiger partial charge < -0.3 is 8.98 Å². The second-order valence-electron chi connectivity index (χ2n) is 19.3. The monoisotopic (exact) mass is 1080 g/mol. The van der Waals surface area contributed by atoms with Crippen molar-refractivity contribution in [2.45, 2.75) is 97.8 Å². The van der Waals surface area contributed by atoms with Gasteiger partial charge in [-0.25, -0.2) is 4.98 Å². The van der Waals surface area contributed by atoms with Crippen LogP contribution in [0.2, 0.25) is 17.3 Å². The zero-order valence-corrected chi connectivity index (χ0v) is 43.9. The number of imidazole rings is 1. The Labute approximate surface area is 396 Å². The summed E-state index contributed by atoms with van der Waals surface area (Å²) in [6.45, 7) is 19.9. The first-order valence-corrected chi connectivity index (χ1v) is 29.8. The number of para-hydroxylation sites is 2. The van der Waals surface area contributed by atoms with Crippen LogP contribution in [0.1, 0.15) is 86.9 Å². The van der Waals surface area contributed by atoms with Gasteiger partial charge in [-0.05, 0) is 77.4 Å². The standard InChI is InChI=1S/C37H32N3O.C20H28GeN.Ir/c1-22(2)30-20-26(25-12-7-6-8-13-25)21-31(23(3)4)34(30)40-33-17-10-9-16-32(33)39-36(40)29-15-11-14-27-28-19-18-24(5)38-37(28)41-35(27)29;1-14(2)10-17-12-20(22-13-19(17)21(5,6)7)18-9-8-15(3)11-16(18)4;/h6-14,16-23H,1-5H3;8,11-14H,10H2,1-7H3;/q2*-1;. The van der Waals surface area contributed by atoms with Crippen LogP contribution in [0.4, 0.5) is 0 Å². The van der Waals surface area contributed by atoms with E-state index in [0.717, 1.165) is 62.1 Å². The van der Waals surface area contributed by atoms with Crippen LogP contribution in [0.3, 0.4) is 0 Å². The first kappa shape index (κ1) is 46.8. The number of benzene rings is 5. The fraction of sp³-hybridized carbons (Fsp3) is 0.281. The molecule has 4 aromatic heterocycles. The van der Waals surface area contributed by atoms with Gasteiger partial charge in [0.15, 0.2) is 0 Å². The molecule has 0 unspecified atom stereocenters. The molecule has 0 saturated heterocycles. The maximum absolute atomic E-state index is 6.44. The molecule has 0 aliphatic rings. The van der Waals surface area contributed by atoms with Crippen molar-refractivity contribution in [3.8, 4) is 39.5 Å². The molecule has 0 fully saturated rings. The van der Waals surface area contributed by atoms with Crippen LogP contribution in [0.25, 0.3) is 72.6 Å². The smallest absolute Gasteiger partial charge is 0.216 e. The first-order chi connectivity index (χ1) is 30.1. The number of pyridine rings is 2. The van der Waals surface area contributed by atoms with E-state index in [0.29, 0.717) is 23.5 Å². The fourth-order valence-electron chi connectivity index (χ4n) is 8.87. The van der Waals surface area contributed by atoms with Gasteiger partial charge in [0.2, 0.25) is 5.71 Å². The molecule has 5 nitrogen and oxygen atoms in total. The summed E-state index contributed by atoms with van der Waals surface area (Å²) in [4.78, 5) is 14.7. The van der Waals surface area contributed by atoms with Crippen molar-refractivity contribution in [2.75, 3.05) is 0 Å². The van der Waals surface area contributed by atoms with E-state index in [1.165, 1.54) is 44.6 Å². The Morgan fingerprint density at radius 1 is 0.703 bits per heavy atom. The van der Waals surface area contributed by atoms with Crippen LogP contribution in [0, 0.1) is 38.8 Å². The van der Waals surface area contributed by atoms with Gasteiger partial charge >= 0.3 is 138 Å². The molecule has 0 saturated carbocycles. The number of aryl methyl sites for hydroxylation is 3. The number of nitrogens with zero attached hydrogens (tertiary/aromatic N) is 4. The molecule has 5 aromatic carbocycles. The molecule has 9 rings (SSSR count). The van der Waals surface area contributed by atoms with E-state index in [1.54, 1.807) is 4.40 Å². The fourth-order valence-corrected chi connectivity index (χ4v) is 12.2. The van der Waals surface area contributed by atoms with Gasteiger partial charge in [0, 0.05) is 36.9 Å². The molecule has 0 spiro atoms. The van der Waals surface area contributed by atoms with E-state index in [1.807, 2.05) is 25.1 Å². The van der Waals surface area contributed by atoms with Crippen LogP contribution in [-0.4, -0.2) is 32.8 Å². The molecular weight excluding hydrogens is 1020 g/mol. The van der Waals surface area contributed by atoms with Crippen molar-refractivity contribution >= 4 is 50.8 Å². The molecule has 0 N–H and O–H groups in total. The second kappa shape index (κ2) is 19.1. The van der Waals surface area contributed by atoms with E-state index in [9.17, 15) is 0 Å². The molecule has 0 aliphatic carbocycles. The number of fused-ring (bicyclic) bond motifs is 4. The molecule has 4 heterocycles. The van der Waals surface area contributed by atoms with E-state index in [2.05, 4.69) is 192 Å². The van der Waals surface area contributed by atoms with Gasteiger partial charge in [-0.15, -0.1) is 18.2 Å². The summed E-state index contributed by atoms with van der Waals surface area (Å²) in [5.74, 6) is 9.42. The van der Waals surface area contributed by atoms with Gasteiger partial charge in [-0.2, -0.15) is 0 Å². The van der Waals surface area contributed by atoms with Gasteiger partial charge in [0.1, 0.15) is 0 Å². The number of hydrogen-bond donors (Lipinski definition) is 0. The Hall–Kier alpha value is -5.14. The SMILES string of the molecule is Cc1c[c-]c(-c2cc(CC(C)C)[c]([Ge]([CH3])([CH3])[CH3])cn2)c(C)c1.Cc1ccc2c(n1)oc1c(-c3nc4ccccc4n3-c3c(C(C)C)cc(-c4ccccc4)cc3C(C)C)[c-]ccc12.[Ir]. The summed E-state index contributed by atoms with van der Waals surface area (Å²) in [7, 11) is 0. The van der Waals surface area contributed by atoms with Crippen molar-refractivity contribution in [1.29, 1.82) is 0 Å². The largest absolute Gasteiger partial charge is 0.486 e. The van der Waals surface area contributed by atoms with Crippen LogP contribution in [0.15, 0.2) is 120 Å². The number of aromatic nitrogens is 4. The molecule has 7 heteroatoms. The third kappa shape index (κ3) is 9.47. The molecule has 329 valence electrons. The van der Waals surface area contributed by atoms with Crippen molar-refractivity contribution in [1.82, 2.24) is 19.5 Å². The third-order valence-electron chi connectivity index (χ3n) is 11.9. The number of hydrogen-bond acceptors (Lipinski definition) is 4. The minimum atomic E-state index is -1.89. The van der Waals surface area contributed by atoms with Crippen LogP contribution in [-0.2, 0) is 26.5 Å². The predicted molar refractivity (Wildman–Crippen MR) is 268 cm³/mol. The second-order valence-corrected chi connectivity index (χ2v) is 29.8. The zero-order valence-electron chi connectivity index (χ0n) is 39.4. The Morgan fingerprint density at radius 3 is 2.05 bits per heavy atom. The predicted octanol–water partition coefficient (Wildman–Crippen LogP) is 14.9. The maximum Gasteiger partial charge on any atom is 0.216 e. The first-order valence-electron chi connectivity index (χ1n) is 22.5. The van der Waals surface area contributed by atoms with Crippen LogP contribution in [0.5, 0.6) is 0 Å². The van der Waals surface area contributed by atoms with Crippen LogP contribution >= 0.6 is 0 Å². The topological polar surface area (TPSA) is 56.7 Å². The molecule has 0 bridgehead atoms. The van der Waals surface area contributed by atoms with Crippen molar-refractivity contribution in [2.24, 2.45) is 5.92 Å². The number of furan rings is 1. The minimum absolute atomic E-state index is 0. The Balaban J connectivity index is 0.000000227. The molecule has 9 aromatic rings. The van der Waals surface area contributed by atoms with Crippen molar-refractivity contribution < 1.29 is 24.5 Å². The normalized spacial score (nSPS) is 11.8. The summed E-state index contributed by atoms with van der Waals surface area (Å²) < 4.78 is 10.3. The van der Waals surface area contributed by atoms with Gasteiger partial charge in [0.05, 0.1) is 22.4 Å². The summed E-state index contributed by atoms with van der Waals surface area (Å²) >= 11 is -1.89. The number of rotatable bonds is 9. The maximum atomic E-state index is 6.44. The summed E-state index contributed by atoms with van der Waals surface area (Å²) in [6, 6.07) is 45.4. The van der Waals surface area contributed by atoms with E-state index in [-0.39, 0.29) is 20.1 Å². The summed E-state index contributed by atoms with van der Waals surface area (Å²) in [5, 5.41) is 2.02. The minimum Gasteiger partial charge on any atom is -0.486 e. The van der Waals surface area contributed by atoms with Crippen molar-refractivity contribution in [3.05, 3.63) is 161 Å². The van der Waals surface area contributed by atoms with Crippen LogP contribution < -0.4 is 4.40 Å². The molecule has 64 heavy (non-hydrogen) atoms. The van der Waals surface area contributed by atoms with Gasteiger partial charge in [-0.1, -0.05) is 81.1 Å².